The Bertz CT molecular complexity index is 332. The van der Waals surface area contributed by atoms with E-state index in [9.17, 15) is 0 Å². The summed E-state index contributed by atoms with van der Waals surface area (Å²) in [5.74, 6) is 0. The Morgan fingerprint density at radius 1 is 0.857 bits per heavy atom. The van der Waals surface area contributed by atoms with Crippen molar-refractivity contribution in [2.24, 2.45) is 6.66 Å². The number of rotatable bonds is 0. The van der Waals surface area contributed by atoms with Gasteiger partial charge >= 0.3 is 0 Å². The van der Waals surface area contributed by atoms with Crippen molar-refractivity contribution in [3.05, 3.63) is 27.3 Å². The molecule has 1 heteroatoms. The molecule has 14 heavy (non-hydrogen) atoms. The summed E-state index contributed by atoms with van der Waals surface area (Å²) in [4.78, 5) is 0. The first-order valence-corrected chi connectivity index (χ1v) is 7.60. The summed E-state index contributed by atoms with van der Waals surface area (Å²) in [6.45, 7) is 4.88. The lowest BCUT2D eigenvalue weighted by atomic mass is 10.0. The third kappa shape index (κ3) is 1.04. The number of hydrogen-bond acceptors (Lipinski definition) is 0. The van der Waals surface area contributed by atoms with Crippen molar-refractivity contribution in [3.8, 4) is 0 Å². The highest BCUT2D eigenvalue weighted by molar-refractivity contribution is 7.49. The fourth-order valence-corrected chi connectivity index (χ4v) is 6.03. The fourth-order valence-electron chi connectivity index (χ4n) is 3.35. The third-order valence-electron chi connectivity index (χ3n) is 4.09. The summed E-state index contributed by atoms with van der Waals surface area (Å²) in [6.07, 6.45) is 8.43. The zero-order chi connectivity index (χ0) is 9.71. The molecule has 0 aromatic carbocycles. The van der Waals surface area contributed by atoms with E-state index >= 15 is 0 Å². The molecular weight excluding hydrogens is 187 g/mol. The number of fused-ring (bicyclic) bond motifs is 2. The van der Waals surface area contributed by atoms with Gasteiger partial charge in [-0.3, -0.25) is 0 Å². The van der Waals surface area contributed by atoms with Gasteiger partial charge in [0.1, 0.15) is 24.8 Å². The van der Waals surface area contributed by atoms with E-state index in [1.807, 2.05) is 10.6 Å². The maximum Gasteiger partial charge on any atom is 0.129 e. The third-order valence-corrected chi connectivity index (χ3v) is 6.70. The molecule has 3 rings (SSSR count). The van der Waals surface area contributed by atoms with Gasteiger partial charge in [0.05, 0.1) is 0 Å². The normalized spacial score (nSPS) is 18.4. The summed E-state index contributed by atoms with van der Waals surface area (Å²) in [7, 11) is 0.139. The molecule has 2 aliphatic rings. The Kier molecular flexibility index (Phi) is 1.96. The second kappa shape index (κ2) is 3.07. The van der Waals surface area contributed by atoms with E-state index in [1.54, 1.807) is 16.7 Å². The zero-order valence-electron chi connectivity index (χ0n) is 9.19. The molecule has 0 bridgehead atoms. The van der Waals surface area contributed by atoms with Crippen molar-refractivity contribution >= 4 is 7.53 Å². The van der Waals surface area contributed by atoms with E-state index in [0.29, 0.717) is 0 Å². The van der Waals surface area contributed by atoms with Crippen LogP contribution in [-0.2, 0) is 32.3 Å². The predicted octanol–water partition coefficient (Wildman–Crippen LogP) is 3.78. The van der Waals surface area contributed by atoms with Gasteiger partial charge in [0.25, 0.3) is 0 Å². The minimum absolute atomic E-state index is 0.139. The Morgan fingerprint density at radius 3 is 1.86 bits per heavy atom. The molecule has 0 N–H and O–H groups in total. The van der Waals surface area contributed by atoms with Crippen molar-refractivity contribution in [1.29, 1.82) is 0 Å². The molecule has 0 fully saturated rings. The Balaban J connectivity index is 2.33. The minimum atomic E-state index is 0.139. The zero-order valence-corrected chi connectivity index (χ0v) is 10.1. The van der Waals surface area contributed by atoms with Gasteiger partial charge in [-0.15, -0.1) is 0 Å². The molecule has 1 aromatic rings. The molecule has 0 atom stereocenters. The monoisotopic (exact) mass is 205 g/mol. The van der Waals surface area contributed by atoms with Crippen molar-refractivity contribution in [2.45, 2.75) is 45.4 Å². The highest BCUT2D eigenvalue weighted by Gasteiger charge is 2.32. The van der Waals surface area contributed by atoms with Gasteiger partial charge in [0.15, 0.2) is 0 Å². The average Bonchev–Trinajstić information content (AvgIpc) is 2.82. The molecule has 1 aromatic heterocycles. The topological polar surface area (TPSA) is 0 Å². The van der Waals surface area contributed by atoms with Crippen LogP contribution < -0.4 is 0 Å². The minimum Gasteiger partial charge on any atom is -0.0413 e. The van der Waals surface area contributed by atoms with Gasteiger partial charge in [-0.2, -0.15) is 0 Å². The maximum absolute atomic E-state index is 2.50. The largest absolute Gasteiger partial charge is 0.129 e. The van der Waals surface area contributed by atoms with Crippen LogP contribution in [0, 0.1) is 6.92 Å². The summed E-state index contributed by atoms with van der Waals surface area (Å²) >= 11 is 0. The Labute approximate surface area is 87.4 Å². The van der Waals surface area contributed by atoms with Gasteiger partial charge in [-0.25, -0.2) is 0 Å². The summed E-state index contributed by atoms with van der Waals surface area (Å²) in [6, 6.07) is 0. The highest BCUT2D eigenvalue weighted by atomic mass is 31.1. The van der Waals surface area contributed by atoms with E-state index < -0.39 is 0 Å². The van der Waals surface area contributed by atoms with E-state index in [2.05, 4.69) is 13.6 Å². The molecule has 2 aliphatic carbocycles. The molecule has 1 heterocycles. The molecule has 0 unspecified atom stereocenters. The molecule has 74 valence electrons. The molecule has 0 aliphatic heterocycles. The summed E-state index contributed by atoms with van der Waals surface area (Å²) in [5, 5.41) is 3.72. The van der Waals surface area contributed by atoms with Gasteiger partial charge in [0, 0.05) is 24.0 Å². The molecule has 0 amide bonds. The van der Waals surface area contributed by atoms with Crippen molar-refractivity contribution in [1.82, 2.24) is 0 Å². The van der Waals surface area contributed by atoms with Crippen LogP contribution in [0.3, 0.4) is 0 Å². The second-order valence-electron chi connectivity index (χ2n) is 4.74. The molecule has 0 saturated carbocycles. The van der Waals surface area contributed by atoms with Gasteiger partial charge in [-0.1, -0.05) is 0 Å². The van der Waals surface area contributed by atoms with Gasteiger partial charge in [-0.05, 0) is 38.2 Å². The molecule has 0 nitrogen and oxygen atoms in total. The van der Waals surface area contributed by atoms with Crippen LogP contribution in [0.4, 0.5) is 0 Å². The standard InChI is InChI=1S/C13H18P/c1-9-10-5-3-7-12(10)14(2)13-8-4-6-11(9)13/h3-8H2,1-2H3/q+1. The molecule has 0 radical (unpaired) electrons. The highest BCUT2D eigenvalue weighted by Crippen LogP contribution is 2.48. The first-order chi connectivity index (χ1) is 6.79. The smallest absolute Gasteiger partial charge is 0.0413 e. The Morgan fingerprint density at radius 2 is 1.36 bits per heavy atom. The maximum atomic E-state index is 2.50. The summed E-state index contributed by atoms with van der Waals surface area (Å²) in [5.41, 5.74) is 5.24. The summed E-state index contributed by atoms with van der Waals surface area (Å²) < 4.78 is 0. The predicted molar refractivity (Wildman–Crippen MR) is 63.3 cm³/mol. The van der Waals surface area contributed by atoms with E-state index in [0.717, 1.165) is 0 Å². The first-order valence-electron chi connectivity index (χ1n) is 5.81. The van der Waals surface area contributed by atoms with Crippen molar-refractivity contribution in [3.63, 3.8) is 0 Å². The van der Waals surface area contributed by atoms with Crippen LogP contribution in [0.25, 0.3) is 0 Å². The van der Waals surface area contributed by atoms with Crippen LogP contribution in [0.15, 0.2) is 0 Å². The SMILES string of the molecule is Cc1c2c([p+](C)c3c1CCC3)CCC2. The lowest BCUT2D eigenvalue weighted by Crippen LogP contribution is -1.94. The lowest BCUT2D eigenvalue weighted by molar-refractivity contribution is 0.898. The molecule has 0 spiro atoms. The van der Waals surface area contributed by atoms with Crippen molar-refractivity contribution in [2.75, 3.05) is 0 Å². The molecule has 0 saturated heterocycles. The van der Waals surface area contributed by atoms with E-state index in [4.69, 9.17) is 0 Å². The van der Waals surface area contributed by atoms with Crippen LogP contribution in [-0.4, -0.2) is 0 Å². The van der Waals surface area contributed by atoms with Crippen molar-refractivity contribution < 1.29 is 0 Å². The molecular formula is C13H18P+. The second-order valence-corrected chi connectivity index (χ2v) is 6.94. The number of hydrogen-bond donors (Lipinski definition) is 0. The van der Waals surface area contributed by atoms with E-state index in [1.165, 1.54) is 38.5 Å². The quantitative estimate of drug-likeness (QED) is 0.604. The van der Waals surface area contributed by atoms with Gasteiger partial charge in [0.2, 0.25) is 0 Å². The van der Waals surface area contributed by atoms with Gasteiger partial charge < -0.3 is 0 Å². The Hall–Kier alpha value is -0.350. The average molecular weight is 205 g/mol. The lowest BCUT2D eigenvalue weighted by Gasteiger charge is -2.07. The van der Waals surface area contributed by atoms with E-state index in [-0.39, 0.29) is 7.53 Å². The van der Waals surface area contributed by atoms with Crippen LogP contribution in [0.1, 0.15) is 40.1 Å². The fraction of sp³-hybridized carbons (Fsp3) is 0.615. The van der Waals surface area contributed by atoms with Crippen LogP contribution in [0.5, 0.6) is 0 Å². The first kappa shape index (κ1) is 8.92. The van der Waals surface area contributed by atoms with Crippen LogP contribution in [0.2, 0.25) is 0 Å². The van der Waals surface area contributed by atoms with Crippen LogP contribution >= 0.6 is 7.53 Å².